The minimum atomic E-state index is -0.409. The van der Waals surface area contributed by atoms with E-state index in [0.717, 1.165) is 44.9 Å². The summed E-state index contributed by atoms with van der Waals surface area (Å²) in [6.45, 7) is 0.789. The minimum absolute atomic E-state index is 0.175. The Bertz CT molecular complexity index is 231. The molecule has 1 aliphatic carbocycles. The molecular weight excluding hydrogens is 166 g/mol. The van der Waals surface area contributed by atoms with E-state index in [4.69, 9.17) is 0 Å². The molecule has 0 aromatic rings. The molecule has 2 fully saturated rings. The largest absolute Gasteiger partial charge is 0.330 e. The van der Waals surface area contributed by atoms with E-state index in [1.165, 1.54) is 0 Å². The summed E-state index contributed by atoms with van der Waals surface area (Å²) in [6.07, 6.45) is 6.49. The van der Waals surface area contributed by atoms with Gasteiger partial charge in [0.05, 0.1) is 5.54 Å². The van der Waals surface area contributed by atoms with Gasteiger partial charge in [-0.15, -0.1) is 0 Å². The average molecular weight is 181 g/mol. The zero-order valence-corrected chi connectivity index (χ0v) is 7.79. The zero-order chi connectivity index (χ0) is 9.31. The molecule has 0 aromatic carbocycles. The molecular formula is C10H15NO2. The summed E-state index contributed by atoms with van der Waals surface area (Å²) in [5, 5.41) is 0. The SMILES string of the molecule is O=CC1(N2CCCC2=O)CCCC1. The van der Waals surface area contributed by atoms with E-state index in [-0.39, 0.29) is 5.91 Å². The van der Waals surface area contributed by atoms with Crippen LogP contribution in [0.25, 0.3) is 0 Å². The number of amides is 1. The van der Waals surface area contributed by atoms with Crippen molar-refractivity contribution in [2.45, 2.75) is 44.1 Å². The van der Waals surface area contributed by atoms with Gasteiger partial charge < -0.3 is 9.69 Å². The number of carbonyl (C=O) groups is 2. The fourth-order valence-corrected chi connectivity index (χ4v) is 2.56. The molecule has 2 aliphatic rings. The molecule has 1 heterocycles. The molecule has 0 N–H and O–H groups in total. The zero-order valence-electron chi connectivity index (χ0n) is 7.79. The predicted molar refractivity (Wildman–Crippen MR) is 48.2 cm³/mol. The Morgan fingerprint density at radius 2 is 1.92 bits per heavy atom. The Morgan fingerprint density at radius 3 is 2.38 bits per heavy atom. The molecule has 0 aromatic heterocycles. The van der Waals surface area contributed by atoms with E-state index in [1.54, 1.807) is 0 Å². The monoisotopic (exact) mass is 181 g/mol. The molecule has 1 aliphatic heterocycles. The maximum absolute atomic E-state index is 11.5. The fourth-order valence-electron chi connectivity index (χ4n) is 2.56. The van der Waals surface area contributed by atoms with Crippen molar-refractivity contribution in [3.8, 4) is 0 Å². The van der Waals surface area contributed by atoms with E-state index in [1.807, 2.05) is 4.90 Å². The second-order valence-electron chi connectivity index (χ2n) is 4.08. The molecule has 2 rings (SSSR count). The van der Waals surface area contributed by atoms with Crippen LogP contribution in [0.5, 0.6) is 0 Å². The molecule has 0 atom stereocenters. The summed E-state index contributed by atoms with van der Waals surface area (Å²) in [5.41, 5.74) is -0.409. The van der Waals surface area contributed by atoms with Gasteiger partial charge in [-0.1, -0.05) is 12.8 Å². The number of nitrogens with zero attached hydrogens (tertiary/aromatic N) is 1. The summed E-state index contributed by atoms with van der Waals surface area (Å²) in [6, 6.07) is 0. The molecule has 72 valence electrons. The van der Waals surface area contributed by atoms with E-state index >= 15 is 0 Å². The third kappa shape index (κ3) is 1.26. The van der Waals surface area contributed by atoms with Gasteiger partial charge in [-0.3, -0.25) is 4.79 Å². The lowest BCUT2D eigenvalue weighted by molar-refractivity contribution is -0.137. The van der Waals surface area contributed by atoms with Crippen molar-refractivity contribution in [2.24, 2.45) is 0 Å². The minimum Gasteiger partial charge on any atom is -0.330 e. The van der Waals surface area contributed by atoms with Gasteiger partial charge in [0, 0.05) is 13.0 Å². The quantitative estimate of drug-likeness (QED) is 0.599. The highest BCUT2D eigenvalue weighted by atomic mass is 16.2. The highest BCUT2D eigenvalue weighted by Gasteiger charge is 2.43. The van der Waals surface area contributed by atoms with Gasteiger partial charge in [-0.05, 0) is 19.3 Å². The Labute approximate surface area is 78.1 Å². The van der Waals surface area contributed by atoms with Crippen LogP contribution in [0, 0.1) is 0 Å². The lowest BCUT2D eigenvalue weighted by Gasteiger charge is -2.33. The molecule has 1 saturated heterocycles. The molecule has 3 nitrogen and oxygen atoms in total. The Hall–Kier alpha value is -0.860. The van der Waals surface area contributed by atoms with Crippen LogP contribution < -0.4 is 0 Å². The van der Waals surface area contributed by atoms with Crippen LogP contribution in [0.4, 0.5) is 0 Å². The molecule has 0 spiro atoms. The van der Waals surface area contributed by atoms with E-state index < -0.39 is 5.54 Å². The first-order valence-electron chi connectivity index (χ1n) is 5.05. The van der Waals surface area contributed by atoms with Crippen molar-refractivity contribution < 1.29 is 9.59 Å². The summed E-state index contributed by atoms with van der Waals surface area (Å²) in [4.78, 5) is 24.4. The second kappa shape index (κ2) is 3.13. The van der Waals surface area contributed by atoms with Crippen LogP contribution in [0.1, 0.15) is 38.5 Å². The van der Waals surface area contributed by atoms with Crippen LogP contribution in [-0.4, -0.2) is 29.2 Å². The van der Waals surface area contributed by atoms with Crippen LogP contribution in [0.2, 0.25) is 0 Å². The number of hydrogen-bond donors (Lipinski definition) is 0. The fraction of sp³-hybridized carbons (Fsp3) is 0.800. The molecule has 1 amide bonds. The third-order valence-electron chi connectivity index (χ3n) is 3.30. The molecule has 0 radical (unpaired) electrons. The van der Waals surface area contributed by atoms with Crippen LogP contribution in [0.3, 0.4) is 0 Å². The highest BCUT2D eigenvalue weighted by molar-refractivity contribution is 5.83. The summed E-state index contributed by atoms with van der Waals surface area (Å²) in [5.74, 6) is 0.175. The van der Waals surface area contributed by atoms with Gasteiger partial charge in [-0.25, -0.2) is 0 Å². The van der Waals surface area contributed by atoms with Crippen molar-refractivity contribution in [2.75, 3.05) is 6.54 Å². The molecule has 1 saturated carbocycles. The van der Waals surface area contributed by atoms with Gasteiger partial charge in [-0.2, -0.15) is 0 Å². The first-order chi connectivity index (χ1) is 6.28. The topological polar surface area (TPSA) is 37.4 Å². The van der Waals surface area contributed by atoms with Crippen molar-refractivity contribution in [1.82, 2.24) is 4.90 Å². The van der Waals surface area contributed by atoms with Gasteiger partial charge in [0.1, 0.15) is 6.29 Å². The van der Waals surface area contributed by atoms with E-state index in [2.05, 4.69) is 0 Å². The van der Waals surface area contributed by atoms with E-state index in [9.17, 15) is 9.59 Å². The number of likely N-dealkylation sites (tertiary alicyclic amines) is 1. The lowest BCUT2D eigenvalue weighted by atomic mass is 9.98. The molecule has 0 bridgehead atoms. The van der Waals surface area contributed by atoms with Crippen molar-refractivity contribution in [3.05, 3.63) is 0 Å². The third-order valence-corrected chi connectivity index (χ3v) is 3.30. The average Bonchev–Trinajstić information content (AvgIpc) is 2.73. The summed E-state index contributed by atoms with van der Waals surface area (Å²) < 4.78 is 0. The van der Waals surface area contributed by atoms with Crippen molar-refractivity contribution >= 4 is 12.2 Å². The van der Waals surface area contributed by atoms with E-state index in [0.29, 0.717) is 6.42 Å². The van der Waals surface area contributed by atoms with Gasteiger partial charge in [0.2, 0.25) is 5.91 Å². The van der Waals surface area contributed by atoms with Crippen LogP contribution >= 0.6 is 0 Å². The number of hydrogen-bond acceptors (Lipinski definition) is 2. The van der Waals surface area contributed by atoms with Crippen molar-refractivity contribution in [3.63, 3.8) is 0 Å². The number of rotatable bonds is 2. The molecule has 3 heteroatoms. The summed E-state index contributed by atoms with van der Waals surface area (Å²) >= 11 is 0. The maximum atomic E-state index is 11.5. The first kappa shape index (κ1) is 8.73. The highest BCUT2D eigenvalue weighted by Crippen LogP contribution is 2.36. The van der Waals surface area contributed by atoms with Crippen LogP contribution in [0.15, 0.2) is 0 Å². The standard InChI is InChI=1S/C10H15NO2/c12-8-10(5-1-2-6-10)11-7-3-4-9(11)13/h8H,1-7H2. The number of aldehydes is 1. The second-order valence-corrected chi connectivity index (χ2v) is 4.08. The smallest absolute Gasteiger partial charge is 0.223 e. The van der Waals surface area contributed by atoms with Crippen molar-refractivity contribution in [1.29, 1.82) is 0 Å². The Balaban J connectivity index is 2.19. The van der Waals surface area contributed by atoms with Gasteiger partial charge in [0.25, 0.3) is 0 Å². The predicted octanol–water partition coefficient (Wildman–Crippen LogP) is 1.12. The lowest BCUT2D eigenvalue weighted by Crippen LogP contribution is -2.48. The summed E-state index contributed by atoms with van der Waals surface area (Å²) in [7, 11) is 0. The Morgan fingerprint density at radius 1 is 1.23 bits per heavy atom. The molecule has 0 unspecified atom stereocenters. The van der Waals surface area contributed by atoms with Crippen LogP contribution in [-0.2, 0) is 9.59 Å². The molecule has 13 heavy (non-hydrogen) atoms. The first-order valence-corrected chi connectivity index (χ1v) is 5.05. The number of carbonyl (C=O) groups excluding carboxylic acids is 2. The normalized spacial score (nSPS) is 26.8. The maximum Gasteiger partial charge on any atom is 0.223 e. The van der Waals surface area contributed by atoms with Gasteiger partial charge >= 0.3 is 0 Å². The van der Waals surface area contributed by atoms with Gasteiger partial charge in [0.15, 0.2) is 0 Å². The Kier molecular flexibility index (Phi) is 2.10.